The summed E-state index contributed by atoms with van der Waals surface area (Å²) in [6.07, 6.45) is 2.07. The van der Waals surface area contributed by atoms with E-state index in [1.807, 2.05) is 67.6 Å². The number of carbonyl (C=O) groups is 1. The summed E-state index contributed by atoms with van der Waals surface area (Å²) in [6.45, 7) is 1.88. The maximum Gasteiger partial charge on any atom is 0.177 e. The maximum absolute atomic E-state index is 12.4. The number of ketones is 1. The number of allylic oxidation sites excluding steroid dienone is 2. The third kappa shape index (κ3) is 1.37. The summed E-state index contributed by atoms with van der Waals surface area (Å²) in [5.41, 5.74) is 2.38. The van der Waals surface area contributed by atoms with Crippen LogP contribution in [-0.4, -0.2) is 5.78 Å². The van der Waals surface area contributed by atoms with Crippen LogP contribution in [0.2, 0.25) is 0 Å². The van der Waals surface area contributed by atoms with E-state index in [9.17, 15) is 4.79 Å². The van der Waals surface area contributed by atoms with Gasteiger partial charge in [-0.1, -0.05) is 66.7 Å². The van der Waals surface area contributed by atoms with Crippen molar-refractivity contribution in [2.45, 2.75) is 12.3 Å². The lowest BCUT2D eigenvalue weighted by Crippen LogP contribution is -2.43. The minimum atomic E-state index is -0.563. The van der Waals surface area contributed by atoms with Crippen LogP contribution in [0.3, 0.4) is 0 Å². The standard InChI is InChI=1S/C17H14O/c1-13-12-17(16(13)18,14-8-4-2-5-9-14)15-10-6-3-7-11-15/h2-12H,1H3. The van der Waals surface area contributed by atoms with E-state index in [0.29, 0.717) is 0 Å². The smallest absolute Gasteiger partial charge is 0.177 e. The molecule has 0 bridgehead atoms. The van der Waals surface area contributed by atoms with E-state index in [4.69, 9.17) is 0 Å². The van der Waals surface area contributed by atoms with Crippen LogP contribution in [0, 0.1) is 0 Å². The van der Waals surface area contributed by atoms with Crippen molar-refractivity contribution in [3.8, 4) is 0 Å². The average Bonchev–Trinajstić information content (AvgIpc) is 2.46. The van der Waals surface area contributed by atoms with Gasteiger partial charge in [0.2, 0.25) is 0 Å². The van der Waals surface area contributed by atoms with Crippen molar-refractivity contribution in [1.29, 1.82) is 0 Å². The summed E-state index contributed by atoms with van der Waals surface area (Å²) in [4.78, 5) is 12.4. The Kier molecular flexibility index (Phi) is 2.41. The van der Waals surface area contributed by atoms with Crippen LogP contribution in [0.4, 0.5) is 0 Å². The van der Waals surface area contributed by atoms with E-state index in [1.54, 1.807) is 0 Å². The van der Waals surface area contributed by atoms with Crippen molar-refractivity contribution in [3.63, 3.8) is 0 Å². The molecule has 0 saturated carbocycles. The Morgan fingerprint density at radius 3 is 1.56 bits per heavy atom. The van der Waals surface area contributed by atoms with Gasteiger partial charge in [0.05, 0.1) is 0 Å². The van der Waals surface area contributed by atoms with Crippen LogP contribution in [-0.2, 0) is 10.2 Å². The number of hydrogen-bond acceptors (Lipinski definition) is 1. The van der Waals surface area contributed by atoms with Gasteiger partial charge in [-0.15, -0.1) is 0 Å². The van der Waals surface area contributed by atoms with Crippen molar-refractivity contribution in [1.82, 2.24) is 0 Å². The normalized spacial score (nSPS) is 16.9. The molecule has 0 aliphatic heterocycles. The first kappa shape index (κ1) is 11.0. The van der Waals surface area contributed by atoms with Gasteiger partial charge in [-0.2, -0.15) is 0 Å². The lowest BCUT2D eigenvalue weighted by atomic mass is 9.62. The second kappa shape index (κ2) is 3.95. The van der Waals surface area contributed by atoms with Gasteiger partial charge in [-0.25, -0.2) is 0 Å². The number of hydrogen-bond donors (Lipinski definition) is 0. The summed E-state index contributed by atoms with van der Waals surface area (Å²) >= 11 is 0. The van der Waals surface area contributed by atoms with Crippen molar-refractivity contribution in [2.24, 2.45) is 0 Å². The van der Waals surface area contributed by atoms with E-state index in [-0.39, 0.29) is 5.78 Å². The Balaban J connectivity index is 2.23. The summed E-state index contributed by atoms with van der Waals surface area (Å²) in [6, 6.07) is 20.0. The van der Waals surface area contributed by atoms with Crippen molar-refractivity contribution < 1.29 is 4.79 Å². The molecule has 0 spiro atoms. The molecule has 88 valence electrons. The Labute approximate surface area is 107 Å². The molecule has 2 aromatic rings. The molecular formula is C17H14O. The summed E-state index contributed by atoms with van der Waals surface area (Å²) in [5, 5.41) is 0. The van der Waals surface area contributed by atoms with Gasteiger partial charge in [-0.05, 0) is 23.6 Å². The molecule has 0 radical (unpaired) electrons. The third-order valence-corrected chi connectivity index (χ3v) is 3.61. The first-order valence-corrected chi connectivity index (χ1v) is 6.10. The van der Waals surface area contributed by atoms with Crippen molar-refractivity contribution in [2.75, 3.05) is 0 Å². The number of Topliss-reactive ketones (excluding diaryl/α,β-unsaturated/α-hetero) is 1. The quantitative estimate of drug-likeness (QED) is 0.777. The lowest BCUT2D eigenvalue weighted by Gasteiger charge is -2.38. The Bertz CT molecular complexity index is 569. The largest absolute Gasteiger partial charge is 0.293 e. The molecule has 0 amide bonds. The fourth-order valence-corrected chi connectivity index (χ4v) is 2.69. The van der Waals surface area contributed by atoms with Gasteiger partial charge in [-0.3, -0.25) is 4.79 Å². The Hall–Kier alpha value is -2.15. The molecule has 0 unspecified atom stereocenters. The van der Waals surface area contributed by atoms with E-state index in [2.05, 4.69) is 6.08 Å². The molecular weight excluding hydrogens is 220 g/mol. The van der Waals surface area contributed by atoms with E-state index >= 15 is 0 Å². The van der Waals surface area contributed by atoms with Gasteiger partial charge in [0.25, 0.3) is 0 Å². The molecule has 2 aromatic carbocycles. The molecule has 0 N–H and O–H groups in total. The van der Waals surface area contributed by atoms with Gasteiger partial charge >= 0.3 is 0 Å². The highest BCUT2D eigenvalue weighted by Gasteiger charge is 2.46. The lowest BCUT2D eigenvalue weighted by molar-refractivity contribution is -0.120. The minimum Gasteiger partial charge on any atom is -0.293 e. The molecule has 0 fully saturated rings. The Morgan fingerprint density at radius 2 is 1.22 bits per heavy atom. The first-order valence-electron chi connectivity index (χ1n) is 6.10. The first-order chi connectivity index (χ1) is 8.75. The predicted molar refractivity (Wildman–Crippen MR) is 72.4 cm³/mol. The molecule has 0 atom stereocenters. The highest BCUT2D eigenvalue weighted by Crippen LogP contribution is 2.43. The molecule has 1 heteroatoms. The monoisotopic (exact) mass is 234 g/mol. The number of rotatable bonds is 2. The third-order valence-electron chi connectivity index (χ3n) is 3.61. The fraction of sp³-hybridized carbons (Fsp3) is 0.118. The highest BCUT2D eigenvalue weighted by atomic mass is 16.1. The molecule has 1 nitrogen and oxygen atoms in total. The van der Waals surface area contributed by atoms with Crippen LogP contribution in [0.1, 0.15) is 18.1 Å². The topological polar surface area (TPSA) is 17.1 Å². The van der Waals surface area contributed by atoms with Crippen LogP contribution in [0.25, 0.3) is 0 Å². The van der Waals surface area contributed by atoms with Crippen molar-refractivity contribution in [3.05, 3.63) is 83.4 Å². The van der Waals surface area contributed by atoms with E-state index in [0.717, 1.165) is 16.7 Å². The Morgan fingerprint density at radius 1 is 0.778 bits per heavy atom. The van der Waals surface area contributed by atoms with Crippen LogP contribution < -0.4 is 0 Å². The van der Waals surface area contributed by atoms with Gasteiger partial charge in [0, 0.05) is 0 Å². The zero-order valence-corrected chi connectivity index (χ0v) is 10.3. The predicted octanol–water partition coefficient (Wildman–Crippen LogP) is 3.50. The molecule has 0 saturated heterocycles. The molecule has 3 rings (SSSR count). The van der Waals surface area contributed by atoms with E-state index in [1.165, 1.54) is 0 Å². The fourth-order valence-electron chi connectivity index (χ4n) is 2.69. The van der Waals surface area contributed by atoms with Gasteiger partial charge in [0.15, 0.2) is 5.78 Å². The minimum absolute atomic E-state index is 0.208. The van der Waals surface area contributed by atoms with Crippen LogP contribution >= 0.6 is 0 Å². The number of carbonyl (C=O) groups excluding carboxylic acids is 1. The second-order valence-corrected chi connectivity index (χ2v) is 4.70. The average molecular weight is 234 g/mol. The number of benzene rings is 2. The van der Waals surface area contributed by atoms with Gasteiger partial charge in [0.1, 0.15) is 5.41 Å². The molecule has 1 aliphatic carbocycles. The SMILES string of the molecule is CC1=CC(c2ccccc2)(c2ccccc2)C1=O. The molecule has 18 heavy (non-hydrogen) atoms. The van der Waals surface area contributed by atoms with Gasteiger partial charge < -0.3 is 0 Å². The van der Waals surface area contributed by atoms with E-state index < -0.39 is 5.41 Å². The zero-order valence-electron chi connectivity index (χ0n) is 10.3. The molecule has 0 heterocycles. The summed E-state index contributed by atoms with van der Waals surface area (Å²) in [5.74, 6) is 0.208. The summed E-state index contributed by atoms with van der Waals surface area (Å²) < 4.78 is 0. The molecule has 0 aromatic heterocycles. The van der Waals surface area contributed by atoms with Crippen LogP contribution in [0.15, 0.2) is 72.3 Å². The molecule has 1 aliphatic rings. The maximum atomic E-state index is 12.4. The highest BCUT2D eigenvalue weighted by molar-refractivity contribution is 6.14. The van der Waals surface area contributed by atoms with Crippen molar-refractivity contribution >= 4 is 5.78 Å². The summed E-state index contributed by atoms with van der Waals surface area (Å²) in [7, 11) is 0. The second-order valence-electron chi connectivity index (χ2n) is 4.70. The van der Waals surface area contributed by atoms with Crippen LogP contribution in [0.5, 0.6) is 0 Å². The zero-order chi connectivity index (χ0) is 12.6.